The predicted octanol–water partition coefficient (Wildman–Crippen LogP) is 6.51. The van der Waals surface area contributed by atoms with Crippen molar-refractivity contribution in [2.75, 3.05) is 19.5 Å². The van der Waals surface area contributed by atoms with E-state index in [0.29, 0.717) is 27.9 Å². The normalized spacial score (nSPS) is 11.3. The zero-order chi connectivity index (χ0) is 21.3. The van der Waals surface area contributed by atoms with Crippen molar-refractivity contribution in [2.45, 2.75) is 71.1 Å². The highest BCUT2D eigenvalue weighted by atomic mass is 32.1. The highest BCUT2D eigenvalue weighted by Crippen LogP contribution is 2.38. The number of hydrogen-bond acceptors (Lipinski definition) is 5. The molecular weight excluding hydrogens is 384 g/mol. The molecule has 0 amide bonds. The molecule has 2 aromatic rings. The van der Waals surface area contributed by atoms with Crippen LogP contribution in [0.4, 0.5) is 5.88 Å². The molecule has 6 heteroatoms. The molecule has 0 spiro atoms. The molecule has 2 rings (SSSR count). The van der Waals surface area contributed by atoms with Gasteiger partial charge in [0.1, 0.15) is 16.5 Å². The summed E-state index contributed by atoms with van der Waals surface area (Å²) in [6, 6.07) is 7.56. The van der Waals surface area contributed by atoms with E-state index < -0.39 is 0 Å². The molecule has 5 nitrogen and oxygen atoms in total. The highest BCUT2D eigenvalue weighted by molar-refractivity contribution is 7.81. The molecule has 0 saturated heterocycles. The molecule has 0 saturated carbocycles. The maximum Gasteiger partial charge on any atom is 0.229 e. The lowest BCUT2D eigenvalue weighted by molar-refractivity contribution is 0.315. The molecule has 1 aromatic heterocycles. The van der Waals surface area contributed by atoms with Gasteiger partial charge in [0.25, 0.3) is 0 Å². The largest absolute Gasteiger partial charge is 0.496 e. The Labute approximate surface area is 180 Å². The van der Waals surface area contributed by atoms with E-state index in [-0.39, 0.29) is 5.41 Å². The van der Waals surface area contributed by atoms with Crippen LogP contribution in [0.3, 0.4) is 0 Å². The van der Waals surface area contributed by atoms with Crippen LogP contribution in [0.5, 0.6) is 11.5 Å². The molecule has 29 heavy (non-hydrogen) atoms. The topological polar surface area (TPSA) is 56.5 Å². The smallest absolute Gasteiger partial charge is 0.229 e. The van der Waals surface area contributed by atoms with Gasteiger partial charge in [-0.1, -0.05) is 69.9 Å². The Morgan fingerprint density at radius 3 is 2.28 bits per heavy atom. The number of nitrogens with zero attached hydrogens (tertiary/aromatic N) is 1. The first kappa shape index (κ1) is 23.2. The molecule has 160 valence electrons. The average Bonchev–Trinajstić information content (AvgIpc) is 3.22. The highest BCUT2D eigenvalue weighted by Gasteiger charge is 2.31. The molecule has 0 radical (unpaired) electrons. The molecule has 1 heterocycles. The predicted molar refractivity (Wildman–Crippen MR) is 122 cm³/mol. The first-order chi connectivity index (χ1) is 14.0. The van der Waals surface area contributed by atoms with Crippen molar-refractivity contribution in [3.63, 3.8) is 0 Å². The molecule has 1 aromatic carbocycles. The second-order valence-electron chi connectivity index (χ2n) is 7.37. The number of methoxy groups -OCH3 is 2. The van der Waals surface area contributed by atoms with Gasteiger partial charge in [-0.05, 0) is 31.4 Å². The van der Waals surface area contributed by atoms with Gasteiger partial charge >= 0.3 is 0 Å². The Bertz CT molecular complexity index is 762. The Morgan fingerprint density at radius 1 is 1.07 bits per heavy atom. The van der Waals surface area contributed by atoms with E-state index in [1.54, 1.807) is 14.2 Å². The Balaban J connectivity index is 2.20. The fraction of sp³-hybridized carbons (Fsp3) is 0.565. The van der Waals surface area contributed by atoms with Crippen LogP contribution in [0, 0.1) is 0 Å². The van der Waals surface area contributed by atoms with Crippen molar-refractivity contribution >= 4 is 23.1 Å². The third-order valence-electron chi connectivity index (χ3n) is 5.81. The summed E-state index contributed by atoms with van der Waals surface area (Å²) in [4.78, 5) is 0.476. The molecule has 0 aliphatic rings. The number of rotatable bonds is 12. The monoisotopic (exact) mass is 418 g/mol. The molecule has 0 fully saturated rings. The van der Waals surface area contributed by atoms with Crippen LogP contribution in [0.1, 0.15) is 77.0 Å². The SMILES string of the molecule is CCCCCCC(CC)(CC)c1cc(NC(=S)c2c(OC)cccc2OC)on1. The zero-order valence-electron chi connectivity index (χ0n) is 18.3. The van der Waals surface area contributed by atoms with Gasteiger partial charge in [-0.2, -0.15) is 0 Å². The van der Waals surface area contributed by atoms with E-state index in [0.717, 1.165) is 25.0 Å². The van der Waals surface area contributed by atoms with Gasteiger partial charge in [0.05, 0.1) is 25.5 Å². The van der Waals surface area contributed by atoms with Crippen molar-refractivity contribution in [1.29, 1.82) is 0 Å². The minimum Gasteiger partial charge on any atom is -0.496 e. The molecule has 0 aliphatic carbocycles. The van der Waals surface area contributed by atoms with Gasteiger partial charge < -0.3 is 19.3 Å². The van der Waals surface area contributed by atoms with Crippen molar-refractivity contribution in [2.24, 2.45) is 0 Å². The Kier molecular flexibility index (Phi) is 8.96. The maximum atomic E-state index is 5.61. The third-order valence-corrected chi connectivity index (χ3v) is 6.11. The van der Waals surface area contributed by atoms with Gasteiger partial charge in [-0.3, -0.25) is 0 Å². The van der Waals surface area contributed by atoms with Gasteiger partial charge in [0.15, 0.2) is 0 Å². The summed E-state index contributed by atoms with van der Waals surface area (Å²) in [6.45, 7) is 6.70. The van der Waals surface area contributed by atoms with Crippen LogP contribution in [-0.2, 0) is 5.41 Å². The van der Waals surface area contributed by atoms with Crippen LogP contribution in [0.25, 0.3) is 0 Å². The molecular formula is C23H34N2O3S. The average molecular weight is 419 g/mol. The molecule has 0 unspecified atom stereocenters. The molecule has 1 N–H and O–H groups in total. The van der Waals surface area contributed by atoms with Gasteiger partial charge in [-0.25, -0.2) is 0 Å². The standard InChI is InChI=1S/C23H34N2O3S/c1-6-9-10-11-15-23(7-2,8-3)19-16-20(28-25-19)24-22(29)21-17(26-4)13-12-14-18(21)27-5/h12-14,16H,6-11,15H2,1-5H3,(H,24,29). The summed E-state index contributed by atoms with van der Waals surface area (Å²) in [5, 5.41) is 7.57. The Hall–Kier alpha value is -2.08. The van der Waals surface area contributed by atoms with Gasteiger partial charge in [0.2, 0.25) is 5.88 Å². The van der Waals surface area contributed by atoms with Gasteiger partial charge in [-0.15, -0.1) is 0 Å². The number of unbranched alkanes of at least 4 members (excludes halogenated alkanes) is 3. The summed E-state index contributed by atoms with van der Waals surface area (Å²) >= 11 is 5.61. The first-order valence-electron chi connectivity index (χ1n) is 10.5. The van der Waals surface area contributed by atoms with Crippen molar-refractivity contribution < 1.29 is 14.0 Å². The quantitative estimate of drug-likeness (QED) is 0.313. The number of anilines is 1. The van der Waals surface area contributed by atoms with E-state index >= 15 is 0 Å². The second-order valence-corrected chi connectivity index (χ2v) is 7.77. The van der Waals surface area contributed by atoms with Crippen LogP contribution in [-0.4, -0.2) is 24.4 Å². The summed E-state index contributed by atoms with van der Waals surface area (Å²) in [6.07, 6.45) is 8.19. The summed E-state index contributed by atoms with van der Waals surface area (Å²) in [5.41, 5.74) is 1.74. The van der Waals surface area contributed by atoms with Crippen molar-refractivity contribution in [3.05, 3.63) is 35.5 Å². The van der Waals surface area contributed by atoms with Gasteiger partial charge in [0, 0.05) is 11.5 Å². The summed E-state index contributed by atoms with van der Waals surface area (Å²) in [5.74, 6) is 1.83. The minimum atomic E-state index is 0.0426. The fourth-order valence-corrected chi connectivity index (χ4v) is 4.12. The van der Waals surface area contributed by atoms with Crippen molar-refractivity contribution in [3.8, 4) is 11.5 Å². The minimum absolute atomic E-state index is 0.0426. The maximum absolute atomic E-state index is 5.61. The lowest BCUT2D eigenvalue weighted by atomic mass is 9.75. The molecule has 0 atom stereocenters. The molecule has 0 bridgehead atoms. The lowest BCUT2D eigenvalue weighted by Gasteiger charge is -2.29. The van der Waals surface area contributed by atoms with Crippen LogP contribution in [0.15, 0.2) is 28.8 Å². The van der Waals surface area contributed by atoms with E-state index in [2.05, 4.69) is 31.2 Å². The third kappa shape index (κ3) is 5.50. The van der Waals surface area contributed by atoms with Crippen LogP contribution in [0.2, 0.25) is 0 Å². The number of nitrogens with one attached hydrogen (secondary N) is 1. The zero-order valence-corrected chi connectivity index (χ0v) is 19.2. The second kappa shape index (κ2) is 11.2. The molecule has 0 aliphatic heterocycles. The number of benzene rings is 1. The van der Waals surface area contributed by atoms with E-state index in [9.17, 15) is 0 Å². The van der Waals surface area contributed by atoms with Crippen molar-refractivity contribution in [1.82, 2.24) is 5.16 Å². The number of thiocarbonyl (C=S) groups is 1. The number of ether oxygens (including phenoxy) is 2. The lowest BCUT2D eigenvalue weighted by Crippen LogP contribution is -2.25. The Morgan fingerprint density at radius 2 is 1.72 bits per heavy atom. The summed E-state index contributed by atoms with van der Waals surface area (Å²) < 4.78 is 16.5. The van der Waals surface area contributed by atoms with E-state index in [1.165, 1.54) is 25.7 Å². The van der Waals surface area contributed by atoms with Crippen LogP contribution >= 0.6 is 12.2 Å². The van der Waals surface area contributed by atoms with E-state index in [4.69, 9.17) is 26.2 Å². The number of aromatic nitrogens is 1. The van der Waals surface area contributed by atoms with E-state index in [1.807, 2.05) is 24.3 Å². The fourth-order valence-electron chi connectivity index (χ4n) is 3.82. The van der Waals surface area contributed by atoms with Crippen LogP contribution < -0.4 is 14.8 Å². The first-order valence-corrected chi connectivity index (χ1v) is 11.0. The number of hydrogen-bond donors (Lipinski definition) is 1. The summed E-state index contributed by atoms with van der Waals surface area (Å²) in [7, 11) is 3.23.